The Kier molecular flexibility index (Phi) is 1.36. The third-order valence-corrected chi connectivity index (χ3v) is 1.71. The number of aliphatic imine (C=N–C) groups is 1. The van der Waals surface area contributed by atoms with E-state index in [2.05, 4.69) is 15.2 Å². The van der Waals surface area contributed by atoms with Gasteiger partial charge in [0.1, 0.15) is 0 Å². The molecule has 2 rings (SSSR count). The lowest BCUT2D eigenvalue weighted by atomic mass is 10.0. The van der Waals surface area contributed by atoms with Crippen LogP contribution in [0.2, 0.25) is 0 Å². The van der Waals surface area contributed by atoms with Gasteiger partial charge in [-0.2, -0.15) is 5.11 Å². The minimum Gasteiger partial charge on any atom is -0.515 e. The lowest BCUT2D eigenvalue weighted by Crippen LogP contribution is -2.12. The normalized spacial score (nSPS) is 24.0. The Hall–Kier alpha value is -1.78. The number of nitrogens with one attached hydrogen (secondary N) is 1. The standard InChI is InChI=1S/C7H6N4O/c8-6-5(3-12)1-4-2-9-11-7(4)10-6/h2-3,8,12H,1H2/b5-3-,8-6?. The highest BCUT2D eigenvalue weighted by Gasteiger charge is 2.21. The van der Waals surface area contributed by atoms with Crippen molar-refractivity contribution in [1.82, 2.24) is 0 Å². The van der Waals surface area contributed by atoms with Crippen LogP contribution in [0.4, 0.5) is 0 Å². The highest BCUT2D eigenvalue weighted by atomic mass is 16.2. The number of hydrogen-bond donors (Lipinski definition) is 2. The summed E-state index contributed by atoms with van der Waals surface area (Å²) in [4.78, 5) is 3.84. The number of fused-ring (bicyclic) bond motifs is 1. The van der Waals surface area contributed by atoms with Gasteiger partial charge in [-0.05, 0) is 0 Å². The molecule has 5 heteroatoms. The molecule has 0 unspecified atom stereocenters. The molecule has 0 aliphatic carbocycles. The Bertz CT molecular complexity index is 362. The molecule has 0 amide bonds. The minimum atomic E-state index is 0.0606. The summed E-state index contributed by atoms with van der Waals surface area (Å²) in [5.41, 5.74) is 1.35. The Balaban J connectivity index is 2.45. The molecule has 12 heavy (non-hydrogen) atoms. The van der Waals surface area contributed by atoms with Crippen molar-refractivity contribution in [1.29, 1.82) is 5.41 Å². The molecule has 0 aromatic carbocycles. The van der Waals surface area contributed by atoms with Crippen molar-refractivity contribution in [3.8, 4) is 0 Å². The molecule has 0 aromatic heterocycles. The average molecular weight is 162 g/mol. The van der Waals surface area contributed by atoms with Gasteiger partial charge in [-0.25, -0.2) is 4.99 Å². The summed E-state index contributed by atoms with van der Waals surface area (Å²) in [5.74, 6) is 0.552. The molecule has 0 saturated carbocycles. The van der Waals surface area contributed by atoms with Crippen LogP contribution >= 0.6 is 0 Å². The zero-order chi connectivity index (χ0) is 8.55. The second-order valence-corrected chi connectivity index (χ2v) is 2.48. The summed E-state index contributed by atoms with van der Waals surface area (Å²) in [6.45, 7) is 0. The monoisotopic (exact) mass is 162 g/mol. The van der Waals surface area contributed by atoms with Gasteiger partial charge in [0.05, 0.1) is 12.5 Å². The minimum absolute atomic E-state index is 0.0606. The quantitative estimate of drug-likeness (QED) is 0.520. The van der Waals surface area contributed by atoms with Crippen LogP contribution in [0, 0.1) is 5.41 Å². The molecule has 60 valence electrons. The van der Waals surface area contributed by atoms with Crippen molar-refractivity contribution < 1.29 is 5.11 Å². The summed E-state index contributed by atoms with van der Waals surface area (Å²) >= 11 is 0. The summed E-state index contributed by atoms with van der Waals surface area (Å²) in [6.07, 6.45) is 2.98. The molecule has 2 N–H and O–H groups in total. The Morgan fingerprint density at radius 3 is 3.17 bits per heavy atom. The Morgan fingerprint density at radius 2 is 2.42 bits per heavy atom. The van der Waals surface area contributed by atoms with E-state index in [0.29, 0.717) is 17.8 Å². The van der Waals surface area contributed by atoms with Gasteiger partial charge in [0.2, 0.25) is 0 Å². The van der Waals surface area contributed by atoms with Gasteiger partial charge in [-0.15, -0.1) is 5.11 Å². The fourth-order valence-electron chi connectivity index (χ4n) is 1.07. The van der Waals surface area contributed by atoms with Crippen LogP contribution in [0.3, 0.4) is 0 Å². The van der Waals surface area contributed by atoms with E-state index in [0.717, 1.165) is 11.8 Å². The molecule has 0 spiro atoms. The van der Waals surface area contributed by atoms with Crippen molar-refractivity contribution in [2.75, 3.05) is 0 Å². The van der Waals surface area contributed by atoms with Gasteiger partial charge in [0.15, 0.2) is 11.7 Å². The van der Waals surface area contributed by atoms with Gasteiger partial charge in [-0.1, -0.05) is 0 Å². The lowest BCUT2D eigenvalue weighted by Gasteiger charge is -2.10. The number of rotatable bonds is 0. The van der Waals surface area contributed by atoms with E-state index in [1.807, 2.05) is 0 Å². The summed E-state index contributed by atoms with van der Waals surface area (Å²) in [7, 11) is 0. The molecule has 2 heterocycles. The number of aliphatic hydroxyl groups excluding tert-OH is 1. The fourth-order valence-corrected chi connectivity index (χ4v) is 1.07. The number of aliphatic hydroxyl groups is 1. The maximum atomic E-state index is 8.72. The summed E-state index contributed by atoms with van der Waals surface area (Å²) in [6, 6.07) is 0. The van der Waals surface area contributed by atoms with Crippen molar-refractivity contribution >= 4 is 11.7 Å². The second kappa shape index (κ2) is 2.37. The second-order valence-electron chi connectivity index (χ2n) is 2.48. The summed E-state index contributed by atoms with van der Waals surface area (Å²) in [5, 5.41) is 23.4. The van der Waals surface area contributed by atoms with Crippen molar-refractivity contribution in [3.63, 3.8) is 0 Å². The van der Waals surface area contributed by atoms with Gasteiger partial charge in [-0.3, -0.25) is 5.41 Å². The number of hydrogen-bond acceptors (Lipinski definition) is 4. The first-order valence-corrected chi connectivity index (χ1v) is 3.42. The largest absolute Gasteiger partial charge is 0.515 e. The highest BCUT2D eigenvalue weighted by molar-refractivity contribution is 6.15. The molecule has 0 aromatic rings. The predicted octanol–water partition coefficient (Wildman–Crippen LogP) is 1.56. The van der Waals surface area contributed by atoms with Crippen LogP contribution in [0.5, 0.6) is 0 Å². The zero-order valence-electron chi connectivity index (χ0n) is 6.15. The Morgan fingerprint density at radius 1 is 1.58 bits per heavy atom. The van der Waals surface area contributed by atoms with E-state index >= 15 is 0 Å². The van der Waals surface area contributed by atoms with E-state index in [4.69, 9.17) is 10.5 Å². The number of amidine groups is 2. The van der Waals surface area contributed by atoms with Gasteiger partial charge < -0.3 is 5.11 Å². The molecular formula is C7H6N4O. The van der Waals surface area contributed by atoms with E-state index in [1.54, 1.807) is 6.20 Å². The van der Waals surface area contributed by atoms with Crippen LogP contribution in [-0.2, 0) is 0 Å². The van der Waals surface area contributed by atoms with Crippen LogP contribution in [0.25, 0.3) is 0 Å². The zero-order valence-corrected chi connectivity index (χ0v) is 6.15. The molecule has 0 bridgehead atoms. The average Bonchev–Trinajstić information content (AvgIpc) is 2.49. The molecule has 0 saturated heterocycles. The number of azo groups is 1. The maximum Gasteiger partial charge on any atom is 0.181 e. The maximum absolute atomic E-state index is 8.72. The van der Waals surface area contributed by atoms with E-state index in [-0.39, 0.29) is 5.84 Å². The smallest absolute Gasteiger partial charge is 0.181 e. The van der Waals surface area contributed by atoms with Crippen LogP contribution < -0.4 is 0 Å². The molecular weight excluding hydrogens is 156 g/mol. The fraction of sp³-hybridized carbons (Fsp3) is 0.143. The summed E-state index contributed by atoms with van der Waals surface area (Å²) < 4.78 is 0. The van der Waals surface area contributed by atoms with Gasteiger partial charge in [0, 0.05) is 17.6 Å². The van der Waals surface area contributed by atoms with Gasteiger partial charge >= 0.3 is 0 Å². The van der Waals surface area contributed by atoms with Crippen LogP contribution in [0.15, 0.2) is 38.8 Å². The SMILES string of the molecule is N=C1N=C2N=NC=C2C/C1=C/O. The van der Waals surface area contributed by atoms with Crippen molar-refractivity contribution in [2.24, 2.45) is 15.2 Å². The first-order valence-electron chi connectivity index (χ1n) is 3.42. The number of nitrogens with zero attached hydrogens (tertiary/aromatic N) is 3. The van der Waals surface area contributed by atoms with E-state index in [1.165, 1.54) is 0 Å². The van der Waals surface area contributed by atoms with Gasteiger partial charge in [0.25, 0.3) is 0 Å². The first kappa shape index (κ1) is 6.90. The van der Waals surface area contributed by atoms with Crippen LogP contribution in [0.1, 0.15) is 6.42 Å². The third-order valence-electron chi connectivity index (χ3n) is 1.71. The topological polar surface area (TPSA) is 81.2 Å². The molecule has 0 radical (unpaired) electrons. The van der Waals surface area contributed by atoms with E-state index < -0.39 is 0 Å². The predicted molar refractivity (Wildman–Crippen MR) is 43.4 cm³/mol. The highest BCUT2D eigenvalue weighted by Crippen LogP contribution is 2.23. The van der Waals surface area contributed by atoms with Crippen molar-refractivity contribution in [3.05, 3.63) is 23.6 Å². The third kappa shape index (κ3) is 0.868. The molecule has 2 aliphatic heterocycles. The first-order chi connectivity index (χ1) is 5.81. The molecule has 0 fully saturated rings. The molecule has 2 aliphatic rings. The Labute approximate surface area is 68.4 Å². The molecule has 5 nitrogen and oxygen atoms in total. The van der Waals surface area contributed by atoms with Crippen molar-refractivity contribution in [2.45, 2.75) is 6.42 Å². The lowest BCUT2D eigenvalue weighted by molar-refractivity contribution is 0.468. The van der Waals surface area contributed by atoms with Crippen LogP contribution in [-0.4, -0.2) is 16.8 Å². The van der Waals surface area contributed by atoms with E-state index in [9.17, 15) is 0 Å². The molecule has 0 atom stereocenters.